The maximum absolute atomic E-state index is 10.6. The van der Waals surface area contributed by atoms with Crippen molar-refractivity contribution in [2.45, 2.75) is 6.92 Å². The van der Waals surface area contributed by atoms with Crippen molar-refractivity contribution in [2.75, 3.05) is 0 Å². The van der Waals surface area contributed by atoms with Gasteiger partial charge in [-0.2, -0.15) is 10.5 Å². The molecule has 0 saturated heterocycles. The molecule has 2 N–H and O–H groups in total. The molecular weight excluding hydrogens is 224 g/mol. The molecule has 1 aromatic rings. The maximum Gasteiger partial charge on any atom is 0.335 e. The van der Waals surface area contributed by atoms with Gasteiger partial charge in [0.15, 0.2) is 12.1 Å². The van der Waals surface area contributed by atoms with Crippen molar-refractivity contribution < 1.29 is 19.8 Å². The summed E-state index contributed by atoms with van der Waals surface area (Å²) < 4.78 is 0. The van der Waals surface area contributed by atoms with Gasteiger partial charge in [0.2, 0.25) is 0 Å². The van der Waals surface area contributed by atoms with Gasteiger partial charge < -0.3 is 10.2 Å². The summed E-state index contributed by atoms with van der Waals surface area (Å²) >= 11 is 0. The summed E-state index contributed by atoms with van der Waals surface area (Å²) in [6.07, 6.45) is 0. The van der Waals surface area contributed by atoms with Crippen molar-refractivity contribution in [3.8, 4) is 12.1 Å². The molecule has 0 bridgehead atoms. The van der Waals surface area contributed by atoms with Crippen LogP contribution >= 0.6 is 0 Å². The summed E-state index contributed by atoms with van der Waals surface area (Å²) in [5.74, 6) is -2.22. The minimum absolute atomic E-state index is 0.0277. The average molecular weight is 232 g/mol. The second kappa shape index (κ2) is 6.59. The summed E-state index contributed by atoms with van der Waals surface area (Å²) in [5, 5.41) is 31.9. The minimum Gasteiger partial charge on any atom is -0.478 e. The zero-order valence-electron chi connectivity index (χ0n) is 8.84. The van der Waals surface area contributed by atoms with Crippen LogP contribution in [-0.2, 0) is 0 Å². The number of hydrogen-bond acceptors (Lipinski definition) is 4. The highest BCUT2D eigenvalue weighted by atomic mass is 16.4. The third kappa shape index (κ3) is 4.02. The lowest BCUT2D eigenvalue weighted by molar-refractivity contribution is 0.0696. The van der Waals surface area contributed by atoms with E-state index in [0.29, 0.717) is 0 Å². The standard InChI is InChI=1S/C9H8O4.C2N2/c1-5-6(8(10)11)3-2-4-7(5)9(12)13;3-1-2-4/h2-4H,1H3,(H,10,11)(H,12,13);. The van der Waals surface area contributed by atoms with Gasteiger partial charge in [0, 0.05) is 0 Å². The minimum atomic E-state index is -1.11. The van der Waals surface area contributed by atoms with Crippen LogP contribution in [0.3, 0.4) is 0 Å². The lowest BCUT2D eigenvalue weighted by atomic mass is 10.0. The van der Waals surface area contributed by atoms with E-state index in [1.54, 1.807) is 0 Å². The Labute approximate surface area is 97.0 Å². The normalized spacial score (nSPS) is 7.94. The Kier molecular flexibility index (Phi) is 5.48. The summed E-state index contributed by atoms with van der Waals surface area (Å²) in [7, 11) is 0. The van der Waals surface area contributed by atoms with Gasteiger partial charge in [0.1, 0.15) is 0 Å². The van der Waals surface area contributed by atoms with Crippen LogP contribution in [0.25, 0.3) is 0 Å². The molecule has 17 heavy (non-hydrogen) atoms. The van der Waals surface area contributed by atoms with Gasteiger partial charge in [-0.1, -0.05) is 6.07 Å². The van der Waals surface area contributed by atoms with Gasteiger partial charge in [-0.15, -0.1) is 0 Å². The highest BCUT2D eigenvalue weighted by Gasteiger charge is 2.13. The van der Waals surface area contributed by atoms with Gasteiger partial charge >= 0.3 is 11.9 Å². The SMILES string of the molecule is Cc1c(C(=O)O)cccc1C(=O)O.N#CC#N. The molecule has 1 rings (SSSR count). The number of nitrogens with zero attached hydrogens (tertiary/aromatic N) is 2. The van der Waals surface area contributed by atoms with Crippen molar-refractivity contribution in [1.29, 1.82) is 10.5 Å². The Balaban J connectivity index is 0.000000557. The first-order valence-electron chi connectivity index (χ1n) is 4.30. The third-order valence-electron chi connectivity index (χ3n) is 1.84. The van der Waals surface area contributed by atoms with E-state index in [1.165, 1.54) is 37.3 Å². The van der Waals surface area contributed by atoms with Gasteiger partial charge in [-0.05, 0) is 24.6 Å². The van der Waals surface area contributed by atoms with E-state index in [0.717, 1.165) is 0 Å². The smallest absolute Gasteiger partial charge is 0.335 e. The highest BCUT2D eigenvalue weighted by Crippen LogP contribution is 2.13. The van der Waals surface area contributed by atoms with Gasteiger partial charge in [0.25, 0.3) is 0 Å². The molecule has 6 heteroatoms. The second-order valence-electron chi connectivity index (χ2n) is 2.81. The first-order chi connectivity index (χ1) is 7.95. The van der Waals surface area contributed by atoms with Crippen LogP contribution in [0.1, 0.15) is 26.3 Å². The number of carboxylic acid groups (broad SMARTS) is 2. The van der Waals surface area contributed by atoms with E-state index in [1.807, 2.05) is 0 Å². The van der Waals surface area contributed by atoms with Crippen LogP contribution < -0.4 is 0 Å². The maximum atomic E-state index is 10.6. The van der Waals surface area contributed by atoms with E-state index < -0.39 is 11.9 Å². The van der Waals surface area contributed by atoms with Crippen molar-refractivity contribution in [3.63, 3.8) is 0 Å². The molecule has 0 saturated carbocycles. The average Bonchev–Trinajstić information content (AvgIpc) is 2.29. The fraction of sp³-hybridized carbons (Fsp3) is 0.0909. The van der Waals surface area contributed by atoms with Crippen LogP contribution in [0.4, 0.5) is 0 Å². The fourth-order valence-electron chi connectivity index (χ4n) is 1.10. The van der Waals surface area contributed by atoms with Gasteiger partial charge in [-0.3, -0.25) is 0 Å². The summed E-state index contributed by atoms with van der Waals surface area (Å²) in [5.41, 5.74) is 0.335. The molecule has 0 heterocycles. The fourth-order valence-corrected chi connectivity index (χ4v) is 1.10. The molecule has 1 aromatic carbocycles. The lowest BCUT2D eigenvalue weighted by Gasteiger charge is -2.03. The van der Waals surface area contributed by atoms with Crippen LogP contribution in [0.2, 0.25) is 0 Å². The largest absolute Gasteiger partial charge is 0.478 e. The monoisotopic (exact) mass is 232 g/mol. The lowest BCUT2D eigenvalue weighted by Crippen LogP contribution is -2.06. The quantitative estimate of drug-likeness (QED) is 0.794. The number of carboxylic acids is 2. The zero-order valence-corrected chi connectivity index (χ0v) is 8.84. The van der Waals surface area contributed by atoms with E-state index in [4.69, 9.17) is 20.7 Å². The Hall–Kier alpha value is -2.86. The van der Waals surface area contributed by atoms with Crippen molar-refractivity contribution in [3.05, 3.63) is 34.9 Å². The van der Waals surface area contributed by atoms with Crippen molar-refractivity contribution in [1.82, 2.24) is 0 Å². The molecule has 6 nitrogen and oxygen atoms in total. The molecule has 0 unspecified atom stereocenters. The predicted octanol–water partition coefficient (Wildman–Crippen LogP) is 1.42. The number of hydrogen-bond donors (Lipinski definition) is 2. The van der Waals surface area contributed by atoms with Crippen LogP contribution in [-0.4, -0.2) is 22.2 Å². The Morgan fingerprint density at radius 3 is 1.65 bits per heavy atom. The van der Waals surface area contributed by atoms with Gasteiger partial charge in [-0.25, -0.2) is 9.59 Å². The van der Waals surface area contributed by atoms with Crippen molar-refractivity contribution >= 4 is 11.9 Å². The molecule has 86 valence electrons. The highest BCUT2D eigenvalue weighted by molar-refractivity contribution is 5.96. The van der Waals surface area contributed by atoms with E-state index in [2.05, 4.69) is 0 Å². The molecule has 0 aromatic heterocycles. The Morgan fingerprint density at radius 1 is 1.06 bits per heavy atom. The molecule has 0 aliphatic carbocycles. The molecule has 0 aliphatic rings. The van der Waals surface area contributed by atoms with E-state index in [9.17, 15) is 9.59 Å². The summed E-state index contributed by atoms with van der Waals surface area (Å²) in [6, 6.07) is 6.65. The van der Waals surface area contributed by atoms with Crippen LogP contribution in [0.15, 0.2) is 18.2 Å². The molecule has 0 atom stereocenters. The molecule has 0 spiro atoms. The number of nitriles is 2. The molecule has 0 fully saturated rings. The number of benzene rings is 1. The Bertz CT molecular complexity index is 479. The third-order valence-corrected chi connectivity index (χ3v) is 1.84. The van der Waals surface area contributed by atoms with Crippen molar-refractivity contribution in [2.24, 2.45) is 0 Å². The number of aromatic carboxylic acids is 2. The predicted molar refractivity (Wildman–Crippen MR) is 56.3 cm³/mol. The van der Waals surface area contributed by atoms with Gasteiger partial charge in [0.05, 0.1) is 11.1 Å². The number of rotatable bonds is 2. The van der Waals surface area contributed by atoms with Crippen LogP contribution in [0.5, 0.6) is 0 Å². The summed E-state index contributed by atoms with van der Waals surface area (Å²) in [6.45, 7) is 1.48. The first-order valence-corrected chi connectivity index (χ1v) is 4.30. The van der Waals surface area contributed by atoms with E-state index in [-0.39, 0.29) is 16.7 Å². The zero-order chi connectivity index (χ0) is 13.4. The first kappa shape index (κ1) is 14.1. The van der Waals surface area contributed by atoms with E-state index >= 15 is 0 Å². The molecule has 0 amide bonds. The number of carbonyl (C=O) groups is 2. The Morgan fingerprint density at radius 2 is 1.41 bits per heavy atom. The topological polar surface area (TPSA) is 122 Å². The molecule has 0 aliphatic heterocycles. The second-order valence-corrected chi connectivity index (χ2v) is 2.81. The molecule has 0 radical (unpaired) electrons. The molecular formula is C11H8N2O4. The summed E-state index contributed by atoms with van der Waals surface area (Å²) in [4.78, 5) is 21.2. The van der Waals surface area contributed by atoms with Crippen LogP contribution in [0, 0.1) is 29.6 Å².